The van der Waals surface area contributed by atoms with Crippen molar-refractivity contribution < 1.29 is 8.42 Å². The Hall–Kier alpha value is -0.910. The van der Waals surface area contributed by atoms with Crippen LogP contribution >= 0.6 is 0 Å². The van der Waals surface area contributed by atoms with Crippen molar-refractivity contribution in [1.29, 1.82) is 0 Å². The molecule has 2 rings (SSSR count). The van der Waals surface area contributed by atoms with Gasteiger partial charge in [0.2, 0.25) is 10.0 Å². The van der Waals surface area contributed by atoms with E-state index in [1.807, 2.05) is 19.9 Å². The summed E-state index contributed by atoms with van der Waals surface area (Å²) in [6, 6.07) is 5.29. The third-order valence-electron chi connectivity index (χ3n) is 3.88. The van der Waals surface area contributed by atoms with Crippen LogP contribution in [0.2, 0.25) is 0 Å². The van der Waals surface area contributed by atoms with E-state index < -0.39 is 10.0 Å². The number of hydrogen-bond donors (Lipinski definition) is 2. The van der Waals surface area contributed by atoms with Gasteiger partial charge in [0.15, 0.2) is 0 Å². The minimum Gasteiger partial charge on any atom is -0.316 e. The molecule has 0 saturated carbocycles. The number of nitrogens with one attached hydrogen (secondary N) is 2. The number of sulfonamides is 1. The normalized spacial score (nSPS) is 24.4. The van der Waals surface area contributed by atoms with Gasteiger partial charge >= 0.3 is 0 Å². The van der Waals surface area contributed by atoms with Crippen molar-refractivity contribution in [3.05, 3.63) is 29.3 Å². The highest BCUT2D eigenvalue weighted by atomic mass is 32.2. The summed E-state index contributed by atoms with van der Waals surface area (Å²) < 4.78 is 27.6. The summed E-state index contributed by atoms with van der Waals surface area (Å²) >= 11 is 0. The molecule has 0 amide bonds. The second-order valence-electron chi connectivity index (χ2n) is 5.44. The van der Waals surface area contributed by atoms with E-state index in [4.69, 9.17) is 0 Å². The molecule has 1 fully saturated rings. The summed E-state index contributed by atoms with van der Waals surface area (Å²) in [6.07, 6.45) is 0.839. The smallest absolute Gasteiger partial charge is 0.240 e. The monoisotopic (exact) mass is 282 g/mol. The Labute approximate surface area is 115 Å². The molecule has 106 valence electrons. The first-order valence-electron chi connectivity index (χ1n) is 6.70. The van der Waals surface area contributed by atoms with Gasteiger partial charge < -0.3 is 5.32 Å². The summed E-state index contributed by atoms with van der Waals surface area (Å²) in [6.45, 7) is 7.71. The summed E-state index contributed by atoms with van der Waals surface area (Å²) in [5, 5.41) is 3.27. The molecule has 0 bridgehead atoms. The molecule has 0 aliphatic carbocycles. The third kappa shape index (κ3) is 3.35. The van der Waals surface area contributed by atoms with Gasteiger partial charge in [0, 0.05) is 6.04 Å². The van der Waals surface area contributed by atoms with Crippen molar-refractivity contribution in [2.75, 3.05) is 13.1 Å². The van der Waals surface area contributed by atoms with Crippen LogP contribution in [0.15, 0.2) is 23.1 Å². The van der Waals surface area contributed by atoms with Crippen molar-refractivity contribution in [3.63, 3.8) is 0 Å². The summed E-state index contributed by atoms with van der Waals surface area (Å²) in [5.74, 6) is 0.315. The van der Waals surface area contributed by atoms with E-state index in [9.17, 15) is 8.42 Å². The van der Waals surface area contributed by atoms with Gasteiger partial charge in [0.25, 0.3) is 0 Å². The maximum Gasteiger partial charge on any atom is 0.240 e. The molecule has 0 radical (unpaired) electrons. The number of benzene rings is 1. The van der Waals surface area contributed by atoms with Gasteiger partial charge in [0.1, 0.15) is 0 Å². The fourth-order valence-corrected chi connectivity index (χ4v) is 3.80. The molecule has 0 unspecified atom stereocenters. The molecule has 0 spiro atoms. The Bertz CT molecular complexity index is 555. The summed E-state index contributed by atoms with van der Waals surface area (Å²) in [7, 11) is -3.41. The quantitative estimate of drug-likeness (QED) is 0.885. The lowest BCUT2D eigenvalue weighted by atomic mass is 9.97. The molecule has 0 aromatic heterocycles. The van der Waals surface area contributed by atoms with Crippen LogP contribution in [0, 0.1) is 19.8 Å². The fourth-order valence-electron chi connectivity index (χ4n) is 2.34. The van der Waals surface area contributed by atoms with E-state index in [1.165, 1.54) is 0 Å². The van der Waals surface area contributed by atoms with Crippen molar-refractivity contribution in [3.8, 4) is 0 Å². The van der Waals surface area contributed by atoms with Crippen molar-refractivity contribution in [1.82, 2.24) is 10.0 Å². The number of rotatable bonds is 3. The van der Waals surface area contributed by atoms with E-state index >= 15 is 0 Å². The SMILES string of the molecule is Cc1ccc(S(=O)(=O)N[C@@H]2CCNC[C@H]2C)cc1C. The maximum atomic E-state index is 12.4. The third-order valence-corrected chi connectivity index (χ3v) is 5.37. The molecule has 1 aromatic rings. The fraction of sp³-hybridized carbons (Fsp3) is 0.571. The molecule has 4 nitrogen and oxygen atoms in total. The van der Waals surface area contributed by atoms with Crippen LogP contribution in [0.4, 0.5) is 0 Å². The minimum atomic E-state index is -3.41. The highest BCUT2D eigenvalue weighted by Crippen LogP contribution is 2.18. The molecule has 1 aromatic carbocycles. The molecule has 1 aliphatic heterocycles. The maximum absolute atomic E-state index is 12.4. The lowest BCUT2D eigenvalue weighted by molar-refractivity contribution is 0.328. The highest BCUT2D eigenvalue weighted by Gasteiger charge is 2.26. The molecule has 5 heteroatoms. The van der Waals surface area contributed by atoms with Crippen LogP contribution in [0.5, 0.6) is 0 Å². The Balaban J connectivity index is 2.19. The molecule has 19 heavy (non-hydrogen) atoms. The van der Waals surface area contributed by atoms with Gasteiger partial charge in [0.05, 0.1) is 4.90 Å². The molecule has 2 atom stereocenters. The topological polar surface area (TPSA) is 58.2 Å². The van der Waals surface area contributed by atoms with Gasteiger partial charge in [-0.1, -0.05) is 13.0 Å². The number of hydrogen-bond acceptors (Lipinski definition) is 3. The average Bonchev–Trinajstić information content (AvgIpc) is 2.35. The van der Waals surface area contributed by atoms with E-state index in [-0.39, 0.29) is 6.04 Å². The summed E-state index contributed by atoms with van der Waals surface area (Å²) in [4.78, 5) is 0.362. The number of aryl methyl sites for hydroxylation is 2. The van der Waals surface area contributed by atoms with E-state index in [2.05, 4.69) is 17.0 Å². The first-order chi connectivity index (χ1) is 8.90. The molecular formula is C14H22N2O2S. The van der Waals surface area contributed by atoms with Gasteiger partial charge in [-0.2, -0.15) is 0 Å². The average molecular weight is 282 g/mol. The molecule has 1 aliphatic rings. The van der Waals surface area contributed by atoms with Crippen molar-refractivity contribution in [2.24, 2.45) is 5.92 Å². The summed E-state index contributed by atoms with van der Waals surface area (Å²) in [5.41, 5.74) is 2.11. The molecular weight excluding hydrogens is 260 g/mol. The zero-order valence-electron chi connectivity index (χ0n) is 11.7. The van der Waals surface area contributed by atoms with Crippen LogP contribution in [-0.2, 0) is 10.0 Å². The van der Waals surface area contributed by atoms with E-state index in [0.29, 0.717) is 10.8 Å². The first kappa shape index (κ1) is 14.5. The van der Waals surface area contributed by atoms with Gasteiger partial charge in [-0.25, -0.2) is 13.1 Å². The second-order valence-corrected chi connectivity index (χ2v) is 7.16. The molecule has 1 saturated heterocycles. The zero-order chi connectivity index (χ0) is 14.0. The minimum absolute atomic E-state index is 0.0212. The molecule has 1 heterocycles. The Morgan fingerprint density at radius 2 is 2.00 bits per heavy atom. The van der Waals surface area contributed by atoms with Gasteiger partial charge in [-0.05, 0) is 62.5 Å². The van der Waals surface area contributed by atoms with Crippen LogP contribution < -0.4 is 10.0 Å². The van der Waals surface area contributed by atoms with E-state index in [1.54, 1.807) is 12.1 Å². The van der Waals surface area contributed by atoms with E-state index in [0.717, 1.165) is 30.6 Å². The largest absolute Gasteiger partial charge is 0.316 e. The highest BCUT2D eigenvalue weighted by molar-refractivity contribution is 7.89. The first-order valence-corrected chi connectivity index (χ1v) is 8.19. The van der Waals surface area contributed by atoms with Crippen LogP contribution in [0.25, 0.3) is 0 Å². The van der Waals surface area contributed by atoms with Gasteiger partial charge in [-0.3, -0.25) is 0 Å². The number of piperidine rings is 1. The standard InChI is InChI=1S/C14H22N2O2S/c1-10-4-5-13(8-11(10)2)19(17,18)16-14-6-7-15-9-12(14)3/h4-5,8,12,14-16H,6-7,9H2,1-3H3/t12-,14-/m1/s1. The van der Waals surface area contributed by atoms with Crippen molar-refractivity contribution in [2.45, 2.75) is 38.1 Å². The lowest BCUT2D eigenvalue weighted by Crippen LogP contribution is -2.48. The Kier molecular flexibility index (Phi) is 4.28. The predicted molar refractivity (Wildman–Crippen MR) is 76.7 cm³/mol. The zero-order valence-corrected chi connectivity index (χ0v) is 12.5. The van der Waals surface area contributed by atoms with Crippen molar-refractivity contribution >= 4 is 10.0 Å². The van der Waals surface area contributed by atoms with Crippen LogP contribution in [-0.4, -0.2) is 27.5 Å². The predicted octanol–water partition coefficient (Wildman–Crippen LogP) is 1.58. The molecule has 2 N–H and O–H groups in total. The van der Waals surface area contributed by atoms with Crippen LogP contribution in [0.1, 0.15) is 24.5 Å². The van der Waals surface area contributed by atoms with Gasteiger partial charge in [-0.15, -0.1) is 0 Å². The lowest BCUT2D eigenvalue weighted by Gasteiger charge is -2.30. The van der Waals surface area contributed by atoms with Crippen LogP contribution in [0.3, 0.4) is 0 Å². The Morgan fingerprint density at radius 3 is 2.63 bits per heavy atom. The second kappa shape index (κ2) is 5.61. The Morgan fingerprint density at radius 1 is 1.26 bits per heavy atom.